The molecule has 0 saturated carbocycles. The summed E-state index contributed by atoms with van der Waals surface area (Å²) in [6.45, 7) is 6.65. The summed E-state index contributed by atoms with van der Waals surface area (Å²) < 4.78 is 24.8. The zero-order valence-corrected chi connectivity index (χ0v) is 14.9. The second-order valence-electron chi connectivity index (χ2n) is 5.95. The van der Waals surface area contributed by atoms with Gasteiger partial charge >= 0.3 is 0 Å². The third-order valence-corrected chi connectivity index (χ3v) is 6.39. The molecule has 2 saturated heterocycles. The van der Waals surface area contributed by atoms with Gasteiger partial charge in [-0.3, -0.25) is 4.79 Å². The van der Waals surface area contributed by atoms with Crippen LogP contribution in [-0.4, -0.2) is 68.6 Å². The van der Waals surface area contributed by atoms with Gasteiger partial charge in [-0.25, -0.2) is 12.7 Å². The minimum atomic E-state index is -3.08. The van der Waals surface area contributed by atoms with Gasteiger partial charge in [0.2, 0.25) is 15.9 Å². The molecule has 2 aliphatic rings. The van der Waals surface area contributed by atoms with Gasteiger partial charge in [0.25, 0.3) is 0 Å². The van der Waals surface area contributed by atoms with E-state index >= 15 is 0 Å². The van der Waals surface area contributed by atoms with E-state index in [-0.39, 0.29) is 24.1 Å². The van der Waals surface area contributed by atoms with Crippen LogP contribution < -0.4 is 5.32 Å². The number of nitrogens with zero attached hydrogens (tertiary/aromatic N) is 2. The Morgan fingerprint density at radius 2 is 1.91 bits per heavy atom. The number of amides is 1. The maximum Gasteiger partial charge on any atom is 0.223 e. The standard InChI is InChI=1S/C14H27N3O3S.ClH/c1-2-15-12-13-4-8-16(9-5-13)14(18)6-10-17-7-3-11-21(17,19)20;/h13,15H,2-12H2,1H3;1H. The summed E-state index contributed by atoms with van der Waals surface area (Å²) in [6, 6.07) is 0. The summed E-state index contributed by atoms with van der Waals surface area (Å²) in [7, 11) is -3.08. The van der Waals surface area contributed by atoms with Crippen LogP contribution in [0.15, 0.2) is 0 Å². The topological polar surface area (TPSA) is 69.7 Å². The lowest BCUT2D eigenvalue weighted by atomic mass is 9.96. The molecule has 2 heterocycles. The largest absolute Gasteiger partial charge is 0.343 e. The number of likely N-dealkylation sites (tertiary alicyclic amines) is 1. The first-order valence-electron chi connectivity index (χ1n) is 7.99. The number of carbonyl (C=O) groups excluding carboxylic acids is 1. The Balaban J connectivity index is 0.00000242. The average Bonchev–Trinajstić information content (AvgIpc) is 2.82. The molecule has 0 spiro atoms. The molecule has 0 aliphatic carbocycles. The first-order valence-corrected chi connectivity index (χ1v) is 9.60. The highest BCUT2D eigenvalue weighted by Gasteiger charge is 2.29. The van der Waals surface area contributed by atoms with Crippen LogP contribution in [0.3, 0.4) is 0 Å². The van der Waals surface area contributed by atoms with Crippen molar-refractivity contribution in [2.24, 2.45) is 5.92 Å². The van der Waals surface area contributed by atoms with Crippen molar-refractivity contribution in [1.29, 1.82) is 0 Å². The molecular formula is C14H28ClN3O3S. The van der Waals surface area contributed by atoms with Gasteiger partial charge < -0.3 is 10.2 Å². The van der Waals surface area contributed by atoms with Gasteiger partial charge in [0, 0.05) is 32.6 Å². The fourth-order valence-corrected chi connectivity index (χ4v) is 4.58. The molecule has 0 bridgehead atoms. The van der Waals surface area contributed by atoms with Crippen LogP contribution in [0.4, 0.5) is 0 Å². The van der Waals surface area contributed by atoms with Gasteiger partial charge in [-0.1, -0.05) is 6.92 Å². The second-order valence-corrected chi connectivity index (χ2v) is 8.04. The fourth-order valence-electron chi connectivity index (χ4n) is 3.06. The Morgan fingerprint density at radius 1 is 1.23 bits per heavy atom. The summed E-state index contributed by atoms with van der Waals surface area (Å²) in [4.78, 5) is 14.1. The summed E-state index contributed by atoms with van der Waals surface area (Å²) in [6.07, 6.45) is 3.09. The molecule has 0 radical (unpaired) electrons. The van der Waals surface area contributed by atoms with Crippen LogP contribution in [0.25, 0.3) is 0 Å². The SMILES string of the molecule is CCNCC1CCN(C(=O)CCN2CCCS2(=O)=O)CC1.Cl. The molecule has 6 nitrogen and oxygen atoms in total. The molecule has 2 aliphatic heterocycles. The Kier molecular flexibility index (Phi) is 8.10. The molecule has 0 aromatic carbocycles. The van der Waals surface area contributed by atoms with E-state index in [0.717, 1.165) is 39.0 Å². The highest BCUT2D eigenvalue weighted by Crippen LogP contribution is 2.18. The van der Waals surface area contributed by atoms with E-state index in [1.165, 1.54) is 4.31 Å². The predicted octanol–water partition coefficient (Wildman–Crippen LogP) is 0.682. The number of nitrogens with one attached hydrogen (secondary N) is 1. The van der Waals surface area contributed by atoms with E-state index in [1.54, 1.807) is 0 Å². The zero-order valence-electron chi connectivity index (χ0n) is 13.3. The summed E-state index contributed by atoms with van der Waals surface area (Å²) >= 11 is 0. The molecular weight excluding hydrogens is 326 g/mol. The van der Waals surface area contributed by atoms with Crippen molar-refractivity contribution in [2.45, 2.75) is 32.6 Å². The van der Waals surface area contributed by atoms with Crippen molar-refractivity contribution in [3.8, 4) is 0 Å². The molecule has 0 aromatic rings. The number of sulfonamides is 1. The molecule has 8 heteroatoms. The van der Waals surface area contributed by atoms with Crippen molar-refractivity contribution in [1.82, 2.24) is 14.5 Å². The fraction of sp³-hybridized carbons (Fsp3) is 0.929. The summed E-state index contributed by atoms with van der Waals surface area (Å²) in [5.74, 6) is 0.990. The quantitative estimate of drug-likeness (QED) is 0.762. The van der Waals surface area contributed by atoms with Crippen LogP contribution in [0.1, 0.15) is 32.6 Å². The van der Waals surface area contributed by atoms with Crippen LogP contribution >= 0.6 is 12.4 Å². The van der Waals surface area contributed by atoms with Crippen LogP contribution in [0.2, 0.25) is 0 Å². The third kappa shape index (κ3) is 5.37. The molecule has 2 rings (SSSR count). The van der Waals surface area contributed by atoms with Crippen molar-refractivity contribution in [3.63, 3.8) is 0 Å². The number of carbonyl (C=O) groups is 1. The van der Waals surface area contributed by atoms with Crippen molar-refractivity contribution in [2.75, 3.05) is 45.0 Å². The maximum atomic E-state index is 12.2. The van der Waals surface area contributed by atoms with E-state index < -0.39 is 10.0 Å². The molecule has 130 valence electrons. The molecule has 1 N–H and O–H groups in total. The average molecular weight is 354 g/mol. The van der Waals surface area contributed by atoms with E-state index in [2.05, 4.69) is 12.2 Å². The summed E-state index contributed by atoms with van der Waals surface area (Å²) in [5, 5.41) is 3.36. The normalized spacial score (nSPS) is 22.5. The number of hydrogen-bond acceptors (Lipinski definition) is 4. The van der Waals surface area contributed by atoms with Crippen LogP contribution in [0, 0.1) is 5.92 Å². The van der Waals surface area contributed by atoms with Crippen molar-refractivity contribution < 1.29 is 13.2 Å². The molecule has 0 atom stereocenters. The number of halogens is 1. The molecule has 0 aromatic heterocycles. The highest BCUT2D eigenvalue weighted by atomic mass is 35.5. The number of hydrogen-bond donors (Lipinski definition) is 1. The monoisotopic (exact) mass is 353 g/mol. The smallest absolute Gasteiger partial charge is 0.223 e. The Labute approximate surface area is 140 Å². The van der Waals surface area contributed by atoms with Gasteiger partial charge in [-0.05, 0) is 38.3 Å². The lowest BCUT2D eigenvalue weighted by Crippen LogP contribution is -2.42. The molecule has 0 unspecified atom stereocenters. The van der Waals surface area contributed by atoms with E-state index in [4.69, 9.17) is 0 Å². The Morgan fingerprint density at radius 3 is 2.45 bits per heavy atom. The molecule has 2 fully saturated rings. The van der Waals surface area contributed by atoms with Gasteiger partial charge in [-0.2, -0.15) is 0 Å². The Bertz CT molecular complexity index is 450. The van der Waals surface area contributed by atoms with Crippen LogP contribution in [-0.2, 0) is 14.8 Å². The van der Waals surface area contributed by atoms with Crippen LogP contribution in [0.5, 0.6) is 0 Å². The van der Waals surface area contributed by atoms with E-state index in [1.807, 2.05) is 4.90 Å². The van der Waals surface area contributed by atoms with Gasteiger partial charge in [0.05, 0.1) is 5.75 Å². The van der Waals surface area contributed by atoms with Gasteiger partial charge in [-0.15, -0.1) is 12.4 Å². The van der Waals surface area contributed by atoms with Gasteiger partial charge in [0.15, 0.2) is 0 Å². The Hall–Kier alpha value is -0.370. The minimum Gasteiger partial charge on any atom is -0.343 e. The van der Waals surface area contributed by atoms with Crippen molar-refractivity contribution >= 4 is 28.3 Å². The van der Waals surface area contributed by atoms with E-state index in [0.29, 0.717) is 31.8 Å². The van der Waals surface area contributed by atoms with Crippen molar-refractivity contribution in [3.05, 3.63) is 0 Å². The zero-order chi connectivity index (χ0) is 15.3. The first-order chi connectivity index (χ1) is 10.0. The van der Waals surface area contributed by atoms with Gasteiger partial charge in [0.1, 0.15) is 0 Å². The highest BCUT2D eigenvalue weighted by molar-refractivity contribution is 7.89. The lowest BCUT2D eigenvalue weighted by Gasteiger charge is -2.32. The molecule has 1 amide bonds. The first kappa shape index (κ1) is 19.7. The summed E-state index contributed by atoms with van der Waals surface area (Å²) in [5.41, 5.74) is 0. The predicted molar refractivity (Wildman–Crippen MR) is 89.7 cm³/mol. The second kappa shape index (κ2) is 9.05. The lowest BCUT2D eigenvalue weighted by molar-refractivity contribution is -0.132. The van der Waals surface area contributed by atoms with E-state index in [9.17, 15) is 13.2 Å². The maximum absolute atomic E-state index is 12.2. The number of rotatable bonds is 6. The minimum absolute atomic E-state index is 0. The molecule has 22 heavy (non-hydrogen) atoms. The number of piperidine rings is 1. The third-order valence-electron chi connectivity index (χ3n) is 4.43.